The summed E-state index contributed by atoms with van der Waals surface area (Å²) in [5.74, 6) is -0.128. The Bertz CT molecular complexity index is 655. The lowest BCUT2D eigenvalue weighted by molar-refractivity contribution is -0.121. The van der Waals surface area contributed by atoms with E-state index < -0.39 is 0 Å². The molecule has 2 aromatic rings. The average molecular weight is 360 g/mol. The Labute approximate surface area is 138 Å². The third kappa shape index (κ3) is 4.53. The lowest BCUT2D eigenvalue weighted by Gasteiger charge is -2.15. The van der Waals surface area contributed by atoms with E-state index >= 15 is 0 Å². The third-order valence-corrected chi connectivity index (χ3v) is 4.15. The summed E-state index contributed by atoms with van der Waals surface area (Å²) in [6, 6.07) is 16.7. The molecular weight excluding hydrogens is 342 g/mol. The number of amides is 1. The normalized spacial score (nSPS) is 11.7. The zero-order valence-corrected chi connectivity index (χ0v) is 14.0. The summed E-state index contributed by atoms with van der Waals surface area (Å²) in [5, 5.41) is 2.92. The van der Waals surface area contributed by atoms with Gasteiger partial charge < -0.3 is 5.32 Å². The number of ketones is 1. The first-order valence-electron chi connectivity index (χ1n) is 7.20. The maximum atomic E-state index is 12.0. The molecule has 1 atom stereocenters. The van der Waals surface area contributed by atoms with E-state index in [-0.39, 0.29) is 30.6 Å². The van der Waals surface area contributed by atoms with Gasteiger partial charge in [-0.25, -0.2) is 0 Å². The van der Waals surface area contributed by atoms with Crippen LogP contribution >= 0.6 is 15.9 Å². The fourth-order valence-corrected chi connectivity index (χ4v) is 2.84. The summed E-state index contributed by atoms with van der Waals surface area (Å²) in [6.07, 6.45) is 0.418. The zero-order chi connectivity index (χ0) is 15.9. The number of rotatable bonds is 6. The van der Waals surface area contributed by atoms with Gasteiger partial charge in [-0.05, 0) is 18.6 Å². The summed E-state index contributed by atoms with van der Waals surface area (Å²) < 4.78 is 0.961. The van der Waals surface area contributed by atoms with Crippen LogP contribution in [0.15, 0.2) is 59.1 Å². The minimum Gasteiger partial charge on any atom is -0.350 e. The fourth-order valence-electron chi connectivity index (χ4n) is 2.21. The van der Waals surface area contributed by atoms with Gasteiger partial charge in [0.1, 0.15) is 0 Å². The molecular formula is C18H18BrNO2. The van der Waals surface area contributed by atoms with Crippen LogP contribution in [-0.4, -0.2) is 11.7 Å². The summed E-state index contributed by atoms with van der Waals surface area (Å²) in [5.41, 5.74) is 1.67. The fraction of sp³-hybridized carbons (Fsp3) is 0.222. The van der Waals surface area contributed by atoms with Crippen LogP contribution in [0.4, 0.5) is 0 Å². The summed E-state index contributed by atoms with van der Waals surface area (Å²) in [6.45, 7) is 1.93. The Morgan fingerprint density at radius 2 is 1.64 bits per heavy atom. The highest BCUT2D eigenvalue weighted by Gasteiger charge is 2.13. The quantitative estimate of drug-likeness (QED) is 0.782. The van der Waals surface area contributed by atoms with E-state index in [1.165, 1.54) is 0 Å². The SMILES string of the molecule is C[C@@H](NC(=O)CCC(=O)c1ccccc1)c1ccccc1Br. The Kier molecular flexibility index (Phi) is 5.90. The molecule has 0 radical (unpaired) electrons. The minimum atomic E-state index is -0.118. The van der Waals surface area contributed by atoms with E-state index in [9.17, 15) is 9.59 Å². The van der Waals surface area contributed by atoms with Crippen molar-refractivity contribution >= 4 is 27.6 Å². The van der Waals surface area contributed by atoms with E-state index in [4.69, 9.17) is 0 Å². The lowest BCUT2D eigenvalue weighted by atomic mass is 10.1. The van der Waals surface area contributed by atoms with Crippen molar-refractivity contribution in [3.8, 4) is 0 Å². The summed E-state index contributed by atoms with van der Waals surface area (Å²) in [7, 11) is 0. The van der Waals surface area contributed by atoms with E-state index in [1.807, 2.05) is 49.4 Å². The van der Waals surface area contributed by atoms with Gasteiger partial charge in [0.2, 0.25) is 5.91 Å². The molecule has 3 nitrogen and oxygen atoms in total. The Hall–Kier alpha value is -1.94. The second-order valence-corrected chi connectivity index (χ2v) is 5.95. The maximum Gasteiger partial charge on any atom is 0.220 e. The molecule has 0 aliphatic carbocycles. The van der Waals surface area contributed by atoms with Crippen LogP contribution in [0, 0.1) is 0 Å². The monoisotopic (exact) mass is 359 g/mol. The standard InChI is InChI=1S/C18H18BrNO2/c1-13(15-9-5-6-10-16(15)19)20-18(22)12-11-17(21)14-7-3-2-4-8-14/h2-10,13H,11-12H2,1H3,(H,20,22)/t13-/m1/s1. The molecule has 0 spiro atoms. The van der Waals surface area contributed by atoms with Crippen molar-refractivity contribution in [1.82, 2.24) is 5.32 Å². The molecule has 2 aromatic carbocycles. The van der Waals surface area contributed by atoms with Crippen molar-refractivity contribution in [1.29, 1.82) is 0 Å². The predicted molar refractivity (Wildman–Crippen MR) is 90.7 cm³/mol. The number of Topliss-reactive ketones (excluding diaryl/α,β-unsaturated/α-hetero) is 1. The van der Waals surface area contributed by atoms with Crippen molar-refractivity contribution in [2.24, 2.45) is 0 Å². The summed E-state index contributed by atoms with van der Waals surface area (Å²) in [4.78, 5) is 24.0. The average Bonchev–Trinajstić information content (AvgIpc) is 2.53. The molecule has 114 valence electrons. The van der Waals surface area contributed by atoms with Crippen LogP contribution in [0.5, 0.6) is 0 Å². The van der Waals surface area contributed by atoms with Crippen LogP contribution in [0.2, 0.25) is 0 Å². The van der Waals surface area contributed by atoms with Crippen LogP contribution in [0.1, 0.15) is 41.7 Å². The van der Waals surface area contributed by atoms with Crippen molar-refractivity contribution in [2.45, 2.75) is 25.8 Å². The molecule has 0 saturated carbocycles. The highest BCUT2D eigenvalue weighted by molar-refractivity contribution is 9.10. The van der Waals surface area contributed by atoms with Crippen molar-refractivity contribution in [2.75, 3.05) is 0 Å². The van der Waals surface area contributed by atoms with E-state index in [0.717, 1.165) is 10.0 Å². The first kappa shape index (κ1) is 16.4. The maximum absolute atomic E-state index is 12.0. The van der Waals surface area contributed by atoms with Crippen molar-refractivity contribution < 1.29 is 9.59 Å². The van der Waals surface area contributed by atoms with Crippen LogP contribution in [0.25, 0.3) is 0 Å². The molecule has 0 fully saturated rings. The molecule has 22 heavy (non-hydrogen) atoms. The molecule has 4 heteroatoms. The molecule has 0 heterocycles. The van der Waals surface area contributed by atoms with Crippen molar-refractivity contribution in [3.05, 3.63) is 70.2 Å². The first-order valence-corrected chi connectivity index (χ1v) is 7.99. The number of hydrogen-bond donors (Lipinski definition) is 1. The molecule has 1 N–H and O–H groups in total. The molecule has 0 aromatic heterocycles. The van der Waals surface area contributed by atoms with Gasteiger partial charge in [-0.3, -0.25) is 9.59 Å². The van der Waals surface area contributed by atoms with Gasteiger partial charge in [0, 0.05) is 22.9 Å². The van der Waals surface area contributed by atoms with Gasteiger partial charge in [0.25, 0.3) is 0 Å². The number of carbonyl (C=O) groups excluding carboxylic acids is 2. The molecule has 0 saturated heterocycles. The number of halogens is 1. The van der Waals surface area contributed by atoms with E-state index in [1.54, 1.807) is 12.1 Å². The smallest absolute Gasteiger partial charge is 0.220 e. The van der Waals surface area contributed by atoms with Crippen LogP contribution in [-0.2, 0) is 4.79 Å². The Morgan fingerprint density at radius 3 is 2.32 bits per heavy atom. The molecule has 0 aliphatic rings. The molecule has 0 bridgehead atoms. The van der Waals surface area contributed by atoms with Gasteiger partial charge in [-0.15, -0.1) is 0 Å². The second-order valence-electron chi connectivity index (χ2n) is 5.10. The topological polar surface area (TPSA) is 46.2 Å². The van der Waals surface area contributed by atoms with Gasteiger partial charge >= 0.3 is 0 Å². The minimum absolute atomic E-state index is 0.00991. The second kappa shape index (κ2) is 7.90. The van der Waals surface area contributed by atoms with Gasteiger partial charge in [0.05, 0.1) is 6.04 Å². The Balaban J connectivity index is 1.86. The highest BCUT2D eigenvalue weighted by Crippen LogP contribution is 2.22. The van der Waals surface area contributed by atoms with Gasteiger partial charge in [-0.2, -0.15) is 0 Å². The van der Waals surface area contributed by atoms with Gasteiger partial charge in [0.15, 0.2) is 5.78 Å². The Morgan fingerprint density at radius 1 is 1.00 bits per heavy atom. The lowest BCUT2D eigenvalue weighted by Crippen LogP contribution is -2.27. The molecule has 0 aliphatic heterocycles. The van der Waals surface area contributed by atoms with Gasteiger partial charge in [-0.1, -0.05) is 64.5 Å². The number of hydrogen-bond acceptors (Lipinski definition) is 2. The van der Waals surface area contributed by atoms with E-state index in [0.29, 0.717) is 5.56 Å². The molecule has 2 rings (SSSR count). The largest absolute Gasteiger partial charge is 0.350 e. The van der Waals surface area contributed by atoms with Crippen molar-refractivity contribution in [3.63, 3.8) is 0 Å². The number of benzene rings is 2. The first-order chi connectivity index (χ1) is 10.6. The number of carbonyl (C=O) groups is 2. The zero-order valence-electron chi connectivity index (χ0n) is 12.4. The van der Waals surface area contributed by atoms with Crippen LogP contribution < -0.4 is 5.32 Å². The summed E-state index contributed by atoms with van der Waals surface area (Å²) >= 11 is 3.47. The molecule has 0 unspecified atom stereocenters. The van der Waals surface area contributed by atoms with Crippen LogP contribution in [0.3, 0.4) is 0 Å². The van der Waals surface area contributed by atoms with E-state index in [2.05, 4.69) is 21.2 Å². The third-order valence-electron chi connectivity index (χ3n) is 3.42. The highest BCUT2D eigenvalue weighted by atomic mass is 79.9. The predicted octanol–water partition coefficient (Wildman–Crippen LogP) is 4.29. The molecule has 1 amide bonds. The number of nitrogens with one attached hydrogen (secondary N) is 1.